The van der Waals surface area contributed by atoms with E-state index >= 15 is 0 Å². The van der Waals surface area contributed by atoms with Crippen molar-refractivity contribution in [3.8, 4) is 0 Å². The van der Waals surface area contributed by atoms with E-state index in [0.717, 1.165) is 25.7 Å². The van der Waals surface area contributed by atoms with Crippen LogP contribution < -0.4 is 4.90 Å². The van der Waals surface area contributed by atoms with Crippen LogP contribution in [0.4, 0.5) is 17.1 Å². The number of anilines is 3. The second kappa shape index (κ2) is 5.49. The largest absolute Gasteiger partial charge is 0.309 e. The number of fused-ring (bicyclic) bond motifs is 4. The lowest BCUT2D eigenvalue weighted by Gasteiger charge is -2.39. The Balaban J connectivity index is 1.77. The molecule has 0 spiro atoms. The molecular formula is C24H23N. The molecule has 1 heteroatoms. The monoisotopic (exact) mass is 325 g/mol. The lowest BCUT2D eigenvalue weighted by atomic mass is 9.85. The molecule has 0 atom stereocenters. The Morgan fingerprint density at radius 1 is 0.680 bits per heavy atom. The number of benzene rings is 3. The molecule has 0 amide bonds. The molecule has 0 saturated carbocycles. The molecule has 25 heavy (non-hydrogen) atoms. The fraction of sp³-hybridized carbons (Fsp3) is 0.250. The van der Waals surface area contributed by atoms with Crippen LogP contribution in [-0.2, 0) is 25.7 Å². The van der Waals surface area contributed by atoms with Gasteiger partial charge in [0.1, 0.15) is 0 Å². The SMILES string of the molecule is CCc1ccc2c(c1)Cc1cccc3c1N2c1ccc(CC)cc1C3. The Hall–Kier alpha value is -2.54. The van der Waals surface area contributed by atoms with Crippen LogP contribution in [0.5, 0.6) is 0 Å². The van der Waals surface area contributed by atoms with Crippen LogP contribution in [0.2, 0.25) is 0 Å². The maximum atomic E-state index is 2.52. The highest BCUT2D eigenvalue weighted by molar-refractivity contribution is 5.89. The third-order valence-electron chi connectivity index (χ3n) is 5.77. The van der Waals surface area contributed by atoms with Crippen molar-refractivity contribution in [2.24, 2.45) is 0 Å². The summed E-state index contributed by atoms with van der Waals surface area (Å²) in [5, 5.41) is 0. The third kappa shape index (κ3) is 2.15. The van der Waals surface area contributed by atoms with Gasteiger partial charge < -0.3 is 4.90 Å². The van der Waals surface area contributed by atoms with Crippen LogP contribution in [0.25, 0.3) is 0 Å². The minimum Gasteiger partial charge on any atom is -0.309 e. The van der Waals surface area contributed by atoms with E-state index in [-0.39, 0.29) is 0 Å². The fourth-order valence-electron chi connectivity index (χ4n) is 4.44. The highest BCUT2D eigenvalue weighted by Crippen LogP contribution is 2.50. The summed E-state index contributed by atoms with van der Waals surface area (Å²) in [4.78, 5) is 2.52. The molecule has 1 nitrogen and oxygen atoms in total. The van der Waals surface area contributed by atoms with Gasteiger partial charge in [0.2, 0.25) is 0 Å². The van der Waals surface area contributed by atoms with Gasteiger partial charge in [0.25, 0.3) is 0 Å². The number of para-hydroxylation sites is 1. The molecule has 3 aromatic carbocycles. The van der Waals surface area contributed by atoms with Gasteiger partial charge in [-0.15, -0.1) is 0 Å². The molecule has 0 aromatic heterocycles. The van der Waals surface area contributed by atoms with Crippen molar-refractivity contribution >= 4 is 17.1 Å². The van der Waals surface area contributed by atoms with Gasteiger partial charge in [0.05, 0.1) is 5.69 Å². The summed E-state index contributed by atoms with van der Waals surface area (Å²) >= 11 is 0. The Kier molecular flexibility index (Phi) is 3.24. The number of nitrogens with zero attached hydrogens (tertiary/aromatic N) is 1. The molecule has 124 valence electrons. The predicted molar refractivity (Wildman–Crippen MR) is 105 cm³/mol. The third-order valence-corrected chi connectivity index (χ3v) is 5.77. The highest BCUT2D eigenvalue weighted by atomic mass is 15.2. The quantitative estimate of drug-likeness (QED) is 0.379. The number of hydrogen-bond donors (Lipinski definition) is 0. The maximum absolute atomic E-state index is 2.52. The van der Waals surface area contributed by atoms with Crippen LogP contribution in [-0.4, -0.2) is 0 Å². The van der Waals surface area contributed by atoms with E-state index in [0.29, 0.717) is 0 Å². The standard InChI is InChI=1S/C24H23N/c1-3-16-8-10-22-20(12-16)14-18-6-5-7-19-15-21-13-17(4-2)9-11-23(21)25(22)24(18)19/h5-13H,3-4,14-15H2,1-2H3. The minimum absolute atomic E-state index is 1.05. The summed E-state index contributed by atoms with van der Waals surface area (Å²) in [6.07, 6.45) is 4.28. The summed E-state index contributed by atoms with van der Waals surface area (Å²) in [6, 6.07) is 20.9. The topological polar surface area (TPSA) is 3.24 Å². The first-order valence-corrected chi connectivity index (χ1v) is 9.43. The lowest BCUT2D eigenvalue weighted by molar-refractivity contribution is 0.995. The first-order chi connectivity index (χ1) is 12.3. The van der Waals surface area contributed by atoms with Crippen molar-refractivity contribution < 1.29 is 0 Å². The Bertz CT molecular complexity index is 908. The zero-order valence-corrected chi connectivity index (χ0v) is 15.0. The Morgan fingerprint density at radius 2 is 1.20 bits per heavy atom. The molecule has 0 bridgehead atoms. The molecule has 2 aliphatic rings. The first-order valence-electron chi connectivity index (χ1n) is 9.43. The van der Waals surface area contributed by atoms with Crippen molar-refractivity contribution in [2.45, 2.75) is 39.5 Å². The van der Waals surface area contributed by atoms with Crippen molar-refractivity contribution in [1.82, 2.24) is 0 Å². The molecule has 3 aromatic rings. The number of aryl methyl sites for hydroxylation is 2. The molecular weight excluding hydrogens is 302 g/mol. The molecule has 5 rings (SSSR count). The average molecular weight is 325 g/mol. The second-order valence-electron chi connectivity index (χ2n) is 7.25. The zero-order valence-electron chi connectivity index (χ0n) is 15.0. The normalized spacial score (nSPS) is 13.9. The van der Waals surface area contributed by atoms with E-state index in [9.17, 15) is 0 Å². The molecule has 2 heterocycles. The van der Waals surface area contributed by atoms with Gasteiger partial charge >= 0.3 is 0 Å². The Morgan fingerprint density at radius 3 is 1.68 bits per heavy atom. The molecule has 0 unspecified atom stereocenters. The van der Waals surface area contributed by atoms with Gasteiger partial charge in [-0.2, -0.15) is 0 Å². The van der Waals surface area contributed by atoms with E-state index in [1.807, 2.05) is 0 Å². The predicted octanol–water partition coefficient (Wildman–Crippen LogP) is 6.09. The number of rotatable bonds is 2. The average Bonchev–Trinajstić information content (AvgIpc) is 2.66. The van der Waals surface area contributed by atoms with Crippen LogP contribution >= 0.6 is 0 Å². The zero-order chi connectivity index (χ0) is 17.0. The molecule has 0 aliphatic carbocycles. The lowest BCUT2D eigenvalue weighted by Crippen LogP contribution is -2.24. The van der Waals surface area contributed by atoms with Gasteiger partial charge in [-0.3, -0.25) is 0 Å². The first kappa shape index (κ1) is 14.8. The molecule has 0 fully saturated rings. The second-order valence-corrected chi connectivity index (χ2v) is 7.25. The maximum Gasteiger partial charge on any atom is 0.0532 e. The van der Waals surface area contributed by atoms with Gasteiger partial charge in [-0.05, 0) is 58.4 Å². The van der Waals surface area contributed by atoms with Crippen LogP contribution in [0, 0.1) is 0 Å². The smallest absolute Gasteiger partial charge is 0.0532 e. The molecule has 0 saturated heterocycles. The van der Waals surface area contributed by atoms with Gasteiger partial charge in [0, 0.05) is 24.2 Å². The van der Waals surface area contributed by atoms with Crippen LogP contribution in [0.3, 0.4) is 0 Å². The van der Waals surface area contributed by atoms with Crippen molar-refractivity contribution in [3.63, 3.8) is 0 Å². The summed E-state index contributed by atoms with van der Waals surface area (Å²) in [7, 11) is 0. The van der Waals surface area contributed by atoms with Crippen molar-refractivity contribution in [3.05, 3.63) is 88.0 Å². The summed E-state index contributed by atoms with van der Waals surface area (Å²) < 4.78 is 0. The summed E-state index contributed by atoms with van der Waals surface area (Å²) in [6.45, 7) is 4.47. The van der Waals surface area contributed by atoms with Gasteiger partial charge in [0.15, 0.2) is 0 Å². The summed E-state index contributed by atoms with van der Waals surface area (Å²) in [5.74, 6) is 0. The minimum atomic E-state index is 1.05. The molecule has 0 radical (unpaired) electrons. The van der Waals surface area contributed by atoms with Crippen molar-refractivity contribution in [2.75, 3.05) is 4.90 Å². The fourth-order valence-corrected chi connectivity index (χ4v) is 4.44. The van der Waals surface area contributed by atoms with Crippen LogP contribution in [0.15, 0.2) is 54.6 Å². The van der Waals surface area contributed by atoms with E-state index < -0.39 is 0 Å². The van der Waals surface area contributed by atoms with E-state index in [1.165, 1.54) is 50.4 Å². The van der Waals surface area contributed by atoms with Crippen LogP contribution in [0.1, 0.15) is 47.2 Å². The Labute approximate surface area is 149 Å². The molecule has 2 aliphatic heterocycles. The van der Waals surface area contributed by atoms with E-state index in [4.69, 9.17) is 0 Å². The highest BCUT2D eigenvalue weighted by Gasteiger charge is 2.31. The van der Waals surface area contributed by atoms with E-state index in [2.05, 4.69) is 73.3 Å². The number of hydrogen-bond acceptors (Lipinski definition) is 1. The van der Waals surface area contributed by atoms with E-state index in [1.54, 1.807) is 0 Å². The van der Waals surface area contributed by atoms with Crippen molar-refractivity contribution in [1.29, 1.82) is 0 Å². The van der Waals surface area contributed by atoms with Gasteiger partial charge in [-0.25, -0.2) is 0 Å². The molecule has 0 N–H and O–H groups in total. The van der Waals surface area contributed by atoms with Gasteiger partial charge in [-0.1, -0.05) is 56.3 Å². The summed E-state index contributed by atoms with van der Waals surface area (Å²) in [5.41, 5.74) is 12.8.